The van der Waals surface area contributed by atoms with Crippen LogP contribution in [0.1, 0.15) is 30.7 Å². The lowest BCUT2D eigenvalue weighted by atomic mass is 10.2. The Labute approximate surface area is 123 Å². The molecular weight excluding hydrogens is 272 g/mol. The van der Waals surface area contributed by atoms with E-state index in [-0.39, 0.29) is 6.03 Å². The van der Waals surface area contributed by atoms with Gasteiger partial charge in [-0.15, -0.1) is 0 Å². The van der Waals surface area contributed by atoms with Gasteiger partial charge >= 0.3 is 12.0 Å². The van der Waals surface area contributed by atoms with E-state index in [1.165, 1.54) is 4.90 Å². The van der Waals surface area contributed by atoms with E-state index in [0.717, 1.165) is 30.8 Å². The fourth-order valence-corrected chi connectivity index (χ4v) is 2.69. The van der Waals surface area contributed by atoms with Crippen LogP contribution in [0.2, 0.25) is 0 Å². The molecule has 1 aliphatic heterocycles. The van der Waals surface area contributed by atoms with Crippen LogP contribution in [0.3, 0.4) is 0 Å². The quantitative estimate of drug-likeness (QED) is 0.797. The Kier molecular flexibility index (Phi) is 4.82. The minimum atomic E-state index is -0.926. The van der Waals surface area contributed by atoms with Crippen LogP contribution in [0.5, 0.6) is 0 Å². The first-order chi connectivity index (χ1) is 9.99. The van der Waals surface area contributed by atoms with Crippen LogP contribution in [0.25, 0.3) is 0 Å². The van der Waals surface area contributed by atoms with Gasteiger partial charge < -0.3 is 15.3 Å². The molecule has 0 spiro atoms. The van der Waals surface area contributed by atoms with Crippen molar-refractivity contribution in [1.82, 2.24) is 20.0 Å². The monoisotopic (exact) mass is 294 g/mol. The molecule has 7 nitrogen and oxygen atoms in total. The van der Waals surface area contributed by atoms with Crippen molar-refractivity contribution in [1.29, 1.82) is 0 Å². The molecule has 1 unspecified atom stereocenters. The number of carboxylic acid groups (broad SMARTS) is 1. The van der Waals surface area contributed by atoms with Gasteiger partial charge in [0.1, 0.15) is 6.04 Å². The average molecular weight is 294 g/mol. The number of aryl methyl sites for hydroxylation is 3. The summed E-state index contributed by atoms with van der Waals surface area (Å²) in [7, 11) is 0. The third kappa shape index (κ3) is 3.74. The van der Waals surface area contributed by atoms with Crippen LogP contribution >= 0.6 is 0 Å². The molecule has 0 aliphatic carbocycles. The number of carbonyl (C=O) groups is 2. The lowest BCUT2D eigenvalue weighted by Crippen LogP contribution is -2.46. The molecule has 0 saturated carbocycles. The summed E-state index contributed by atoms with van der Waals surface area (Å²) in [5.41, 5.74) is 2.09. The number of aromatic nitrogens is 2. The zero-order valence-electron chi connectivity index (χ0n) is 12.5. The lowest BCUT2D eigenvalue weighted by molar-refractivity contribution is -0.141. The van der Waals surface area contributed by atoms with Crippen LogP contribution < -0.4 is 5.32 Å². The van der Waals surface area contributed by atoms with Crippen molar-refractivity contribution in [2.45, 2.75) is 45.7 Å². The first kappa shape index (κ1) is 15.3. The van der Waals surface area contributed by atoms with Gasteiger partial charge in [0.15, 0.2) is 0 Å². The number of carbonyl (C=O) groups excluding carboxylic acids is 1. The second-order valence-electron chi connectivity index (χ2n) is 5.43. The Bertz CT molecular complexity index is 526. The summed E-state index contributed by atoms with van der Waals surface area (Å²) in [5.74, 6) is -0.926. The summed E-state index contributed by atoms with van der Waals surface area (Å²) < 4.78 is 1.91. The van der Waals surface area contributed by atoms with Crippen molar-refractivity contribution in [2.75, 3.05) is 13.1 Å². The van der Waals surface area contributed by atoms with Gasteiger partial charge in [0, 0.05) is 25.3 Å². The Morgan fingerprint density at radius 1 is 1.48 bits per heavy atom. The predicted molar refractivity (Wildman–Crippen MR) is 77.1 cm³/mol. The highest BCUT2D eigenvalue weighted by atomic mass is 16.4. The standard InChI is InChI=1S/C14H22N4O3/c1-10-9-11(2)18(16-10)8-4-6-15-14(21)17-7-3-5-12(17)13(19)20/h9,12H,3-8H2,1-2H3,(H,15,21)(H,19,20). The maximum atomic E-state index is 12.0. The van der Waals surface area contributed by atoms with Gasteiger partial charge in [-0.2, -0.15) is 5.10 Å². The van der Waals surface area contributed by atoms with Crippen molar-refractivity contribution in [3.63, 3.8) is 0 Å². The molecule has 1 fully saturated rings. The molecule has 1 aliphatic rings. The molecule has 2 amide bonds. The van der Waals surface area contributed by atoms with Gasteiger partial charge in [-0.3, -0.25) is 4.68 Å². The van der Waals surface area contributed by atoms with Crippen molar-refractivity contribution in [3.05, 3.63) is 17.5 Å². The number of rotatable bonds is 5. The number of hydrogen-bond donors (Lipinski definition) is 2. The Morgan fingerprint density at radius 3 is 2.86 bits per heavy atom. The molecule has 1 aromatic heterocycles. The van der Waals surface area contributed by atoms with Crippen molar-refractivity contribution < 1.29 is 14.7 Å². The van der Waals surface area contributed by atoms with Crippen molar-refractivity contribution in [2.24, 2.45) is 0 Å². The van der Waals surface area contributed by atoms with E-state index >= 15 is 0 Å². The van der Waals surface area contributed by atoms with Gasteiger partial charge in [0.2, 0.25) is 0 Å². The minimum absolute atomic E-state index is 0.284. The Hall–Kier alpha value is -2.05. The zero-order chi connectivity index (χ0) is 15.4. The molecule has 21 heavy (non-hydrogen) atoms. The third-order valence-electron chi connectivity index (χ3n) is 3.72. The molecule has 1 saturated heterocycles. The Balaban J connectivity index is 1.74. The lowest BCUT2D eigenvalue weighted by Gasteiger charge is -2.21. The summed E-state index contributed by atoms with van der Waals surface area (Å²) in [5, 5.41) is 16.2. The Morgan fingerprint density at radius 2 is 2.24 bits per heavy atom. The molecule has 7 heteroatoms. The maximum Gasteiger partial charge on any atom is 0.326 e. The largest absolute Gasteiger partial charge is 0.480 e. The smallest absolute Gasteiger partial charge is 0.326 e. The SMILES string of the molecule is Cc1cc(C)n(CCCNC(=O)N2CCCC2C(=O)O)n1. The van der Waals surface area contributed by atoms with E-state index in [4.69, 9.17) is 5.11 Å². The third-order valence-corrected chi connectivity index (χ3v) is 3.72. The maximum absolute atomic E-state index is 12.0. The van der Waals surface area contributed by atoms with E-state index in [1.54, 1.807) is 0 Å². The van der Waals surface area contributed by atoms with Crippen LogP contribution in [0.4, 0.5) is 4.79 Å². The fourth-order valence-electron chi connectivity index (χ4n) is 2.69. The molecule has 0 radical (unpaired) electrons. The number of amides is 2. The zero-order valence-corrected chi connectivity index (χ0v) is 12.5. The molecule has 0 bridgehead atoms. The number of nitrogens with one attached hydrogen (secondary N) is 1. The summed E-state index contributed by atoms with van der Waals surface area (Å²) in [4.78, 5) is 24.4. The number of urea groups is 1. The van der Waals surface area contributed by atoms with E-state index in [1.807, 2.05) is 24.6 Å². The normalized spacial score (nSPS) is 18.0. The number of aliphatic carboxylic acids is 1. The first-order valence-electron chi connectivity index (χ1n) is 7.27. The molecule has 1 atom stereocenters. The van der Waals surface area contributed by atoms with Crippen LogP contribution in [0.15, 0.2) is 6.07 Å². The van der Waals surface area contributed by atoms with E-state index < -0.39 is 12.0 Å². The number of nitrogens with zero attached hydrogens (tertiary/aromatic N) is 3. The molecular formula is C14H22N4O3. The average Bonchev–Trinajstić information content (AvgIpc) is 3.01. The van der Waals surface area contributed by atoms with E-state index in [2.05, 4.69) is 10.4 Å². The molecule has 1 aromatic rings. The van der Waals surface area contributed by atoms with Gasteiger partial charge in [-0.1, -0.05) is 0 Å². The van der Waals surface area contributed by atoms with Gasteiger partial charge in [0.05, 0.1) is 5.69 Å². The number of likely N-dealkylation sites (tertiary alicyclic amines) is 1. The highest BCUT2D eigenvalue weighted by Gasteiger charge is 2.33. The molecule has 2 heterocycles. The van der Waals surface area contributed by atoms with Crippen molar-refractivity contribution in [3.8, 4) is 0 Å². The predicted octanol–water partition coefficient (Wildman–Crippen LogP) is 1.15. The summed E-state index contributed by atoms with van der Waals surface area (Å²) in [6.07, 6.45) is 2.05. The van der Waals surface area contributed by atoms with E-state index in [0.29, 0.717) is 19.5 Å². The highest BCUT2D eigenvalue weighted by molar-refractivity contribution is 5.83. The number of hydrogen-bond acceptors (Lipinski definition) is 3. The fraction of sp³-hybridized carbons (Fsp3) is 0.643. The number of carboxylic acids is 1. The summed E-state index contributed by atoms with van der Waals surface area (Å²) in [6.45, 7) is 5.72. The van der Waals surface area contributed by atoms with Gasteiger partial charge in [0.25, 0.3) is 0 Å². The molecule has 116 valence electrons. The topological polar surface area (TPSA) is 87.5 Å². The highest BCUT2D eigenvalue weighted by Crippen LogP contribution is 2.17. The van der Waals surface area contributed by atoms with Crippen molar-refractivity contribution >= 4 is 12.0 Å². The van der Waals surface area contributed by atoms with Gasteiger partial charge in [-0.25, -0.2) is 9.59 Å². The van der Waals surface area contributed by atoms with Crippen LogP contribution in [-0.4, -0.2) is 50.9 Å². The minimum Gasteiger partial charge on any atom is -0.480 e. The van der Waals surface area contributed by atoms with E-state index in [9.17, 15) is 9.59 Å². The summed E-state index contributed by atoms with van der Waals surface area (Å²) >= 11 is 0. The second-order valence-corrected chi connectivity index (χ2v) is 5.43. The van der Waals surface area contributed by atoms with Crippen LogP contribution in [0, 0.1) is 13.8 Å². The van der Waals surface area contributed by atoms with Crippen LogP contribution in [-0.2, 0) is 11.3 Å². The molecule has 0 aromatic carbocycles. The molecule has 2 rings (SSSR count). The second kappa shape index (κ2) is 6.60. The molecule has 2 N–H and O–H groups in total. The summed E-state index contributed by atoms with van der Waals surface area (Å²) in [6, 6.07) is 1.05. The van der Waals surface area contributed by atoms with Gasteiger partial charge in [-0.05, 0) is 39.2 Å². The first-order valence-corrected chi connectivity index (χ1v) is 7.27.